The fourth-order valence-electron chi connectivity index (χ4n) is 3.95. The van der Waals surface area contributed by atoms with E-state index in [1.807, 2.05) is 16.8 Å². The highest BCUT2D eigenvalue weighted by Gasteiger charge is 2.29. The van der Waals surface area contributed by atoms with Crippen LogP contribution in [-0.4, -0.2) is 44.3 Å². The topological polar surface area (TPSA) is 50.1 Å². The number of nitrogens with zero attached hydrogens (tertiary/aromatic N) is 6. The van der Waals surface area contributed by atoms with Crippen molar-refractivity contribution >= 4 is 18.2 Å². The van der Waals surface area contributed by atoms with E-state index in [0.717, 1.165) is 56.2 Å². The van der Waals surface area contributed by atoms with Crippen molar-refractivity contribution in [2.24, 2.45) is 0 Å². The molecular formula is C22H28ClFN6. The van der Waals surface area contributed by atoms with Crippen molar-refractivity contribution in [1.82, 2.24) is 24.6 Å². The van der Waals surface area contributed by atoms with Gasteiger partial charge in [0, 0.05) is 56.9 Å². The monoisotopic (exact) mass is 430 g/mol. The van der Waals surface area contributed by atoms with Gasteiger partial charge in [-0.3, -0.25) is 14.6 Å². The standard InChI is InChI=1S/C22H27FN6.ClH/c1-3-10-29-15-19(17(2)26-29)14-27-11-12-28(22-13-24-8-9-25-22)16-21(27)18-4-6-20(23)7-5-18;/h4-9,13,15,21H,3,10-12,14,16H2,1-2H3;1H. The SMILES string of the molecule is CCCn1cc(CN2CCN(c3cnccn3)CC2c2ccc(F)cc2)c(C)n1.Cl. The van der Waals surface area contributed by atoms with Crippen LogP contribution in [0.15, 0.2) is 49.1 Å². The Balaban J connectivity index is 0.00000256. The zero-order valence-electron chi connectivity index (χ0n) is 17.4. The van der Waals surface area contributed by atoms with E-state index >= 15 is 0 Å². The van der Waals surface area contributed by atoms with Crippen LogP contribution in [0.1, 0.15) is 36.2 Å². The molecule has 1 aromatic carbocycles. The van der Waals surface area contributed by atoms with E-state index < -0.39 is 0 Å². The Labute approximate surface area is 183 Å². The summed E-state index contributed by atoms with van der Waals surface area (Å²) in [5.74, 6) is 0.671. The van der Waals surface area contributed by atoms with Gasteiger partial charge in [-0.2, -0.15) is 5.10 Å². The van der Waals surface area contributed by atoms with E-state index in [1.54, 1.807) is 30.7 Å². The molecule has 0 amide bonds. The molecule has 4 rings (SSSR count). The molecule has 0 radical (unpaired) electrons. The molecule has 0 N–H and O–H groups in total. The highest BCUT2D eigenvalue weighted by Crippen LogP contribution is 2.29. The number of rotatable bonds is 6. The Morgan fingerprint density at radius 1 is 1.13 bits per heavy atom. The molecule has 1 aliphatic rings. The van der Waals surface area contributed by atoms with Crippen molar-refractivity contribution in [1.29, 1.82) is 0 Å². The van der Waals surface area contributed by atoms with Crippen LogP contribution in [0.5, 0.6) is 0 Å². The third-order valence-corrected chi connectivity index (χ3v) is 5.49. The lowest BCUT2D eigenvalue weighted by atomic mass is 10.0. The fraction of sp³-hybridized carbons (Fsp3) is 0.409. The lowest BCUT2D eigenvalue weighted by molar-refractivity contribution is 0.168. The van der Waals surface area contributed by atoms with Crippen molar-refractivity contribution in [3.8, 4) is 0 Å². The van der Waals surface area contributed by atoms with Gasteiger partial charge in [-0.1, -0.05) is 19.1 Å². The number of hydrogen-bond donors (Lipinski definition) is 0. The molecule has 1 unspecified atom stereocenters. The van der Waals surface area contributed by atoms with E-state index in [-0.39, 0.29) is 24.3 Å². The van der Waals surface area contributed by atoms with Gasteiger partial charge in [0.15, 0.2) is 0 Å². The summed E-state index contributed by atoms with van der Waals surface area (Å²) in [6, 6.07) is 7.00. The second-order valence-electron chi connectivity index (χ2n) is 7.55. The number of aromatic nitrogens is 4. The summed E-state index contributed by atoms with van der Waals surface area (Å²) in [7, 11) is 0. The number of hydrogen-bond acceptors (Lipinski definition) is 5. The summed E-state index contributed by atoms with van der Waals surface area (Å²) in [6.45, 7) is 8.54. The Bertz CT molecular complexity index is 931. The first-order valence-corrected chi connectivity index (χ1v) is 10.2. The van der Waals surface area contributed by atoms with Gasteiger partial charge >= 0.3 is 0 Å². The molecular weight excluding hydrogens is 403 g/mol. The molecule has 8 heteroatoms. The number of anilines is 1. The summed E-state index contributed by atoms with van der Waals surface area (Å²) in [4.78, 5) is 13.4. The molecule has 0 spiro atoms. The van der Waals surface area contributed by atoms with Gasteiger partial charge in [0.05, 0.1) is 17.9 Å². The molecule has 1 fully saturated rings. The maximum atomic E-state index is 13.5. The van der Waals surface area contributed by atoms with Crippen LogP contribution >= 0.6 is 12.4 Å². The van der Waals surface area contributed by atoms with E-state index in [1.165, 1.54) is 5.56 Å². The first-order valence-electron chi connectivity index (χ1n) is 10.2. The van der Waals surface area contributed by atoms with Crippen molar-refractivity contribution in [3.05, 3.63) is 71.7 Å². The van der Waals surface area contributed by atoms with Crippen molar-refractivity contribution in [3.63, 3.8) is 0 Å². The zero-order valence-corrected chi connectivity index (χ0v) is 18.2. The predicted molar refractivity (Wildman–Crippen MR) is 118 cm³/mol. The number of piperazine rings is 1. The minimum atomic E-state index is -0.210. The van der Waals surface area contributed by atoms with Crippen LogP contribution < -0.4 is 4.90 Å². The number of benzene rings is 1. The van der Waals surface area contributed by atoms with Gasteiger partial charge in [0.2, 0.25) is 0 Å². The smallest absolute Gasteiger partial charge is 0.147 e. The molecule has 3 heterocycles. The van der Waals surface area contributed by atoms with Crippen molar-refractivity contribution < 1.29 is 4.39 Å². The predicted octanol–water partition coefficient (Wildman–Crippen LogP) is 4.02. The molecule has 30 heavy (non-hydrogen) atoms. The van der Waals surface area contributed by atoms with Gasteiger partial charge < -0.3 is 4.90 Å². The van der Waals surface area contributed by atoms with Crippen LogP contribution in [0, 0.1) is 12.7 Å². The molecule has 1 saturated heterocycles. The largest absolute Gasteiger partial charge is 0.352 e. The minimum Gasteiger partial charge on any atom is -0.352 e. The Morgan fingerprint density at radius 3 is 2.63 bits per heavy atom. The lowest BCUT2D eigenvalue weighted by Gasteiger charge is -2.42. The number of aryl methyl sites for hydroxylation is 2. The minimum absolute atomic E-state index is 0. The zero-order chi connectivity index (χ0) is 20.2. The molecule has 160 valence electrons. The Hall–Kier alpha value is -2.51. The molecule has 0 saturated carbocycles. The third-order valence-electron chi connectivity index (χ3n) is 5.49. The summed E-state index contributed by atoms with van der Waals surface area (Å²) in [5.41, 5.74) is 3.43. The van der Waals surface area contributed by atoms with Crippen molar-refractivity contribution in [2.45, 2.75) is 39.4 Å². The first kappa shape index (κ1) is 22.2. The van der Waals surface area contributed by atoms with Crippen LogP contribution in [-0.2, 0) is 13.1 Å². The van der Waals surface area contributed by atoms with E-state index in [9.17, 15) is 4.39 Å². The highest BCUT2D eigenvalue weighted by atomic mass is 35.5. The van der Waals surface area contributed by atoms with Gasteiger partial charge in [0.1, 0.15) is 11.6 Å². The summed E-state index contributed by atoms with van der Waals surface area (Å²) in [5, 5.41) is 4.65. The van der Waals surface area contributed by atoms with E-state index in [0.29, 0.717) is 0 Å². The summed E-state index contributed by atoms with van der Waals surface area (Å²) in [6.07, 6.45) is 8.44. The molecule has 6 nitrogen and oxygen atoms in total. The second kappa shape index (κ2) is 10.00. The first-order chi connectivity index (χ1) is 14.1. The molecule has 0 bridgehead atoms. The quantitative estimate of drug-likeness (QED) is 0.591. The maximum Gasteiger partial charge on any atom is 0.147 e. The van der Waals surface area contributed by atoms with E-state index in [4.69, 9.17) is 0 Å². The van der Waals surface area contributed by atoms with Crippen LogP contribution in [0.2, 0.25) is 0 Å². The lowest BCUT2D eigenvalue weighted by Crippen LogP contribution is -2.48. The van der Waals surface area contributed by atoms with Crippen molar-refractivity contribution in [2.75, 3.05) is 24.5 Å². The Morgan fingerprint density at radius 2 is 1.93 bits per heavy atom. The third kappa shape index (κ3) is 4.96. The normalized spacial score (nSPS) is 17.0. The summed E-state index contributed by atoms with van der Waals surface area (Å²) < 4.78 is 15.5. The maximum absolute atomic E-state index is 13.5. The second-order valence-corrected chi connectivity index (χ2v) is 7.55. The molecule has 0 aliphatic carbocycles. The molecule has 1 atom stereocenters. The van der Waals surface area contributed by atoms with Gasteiger partial charge in [-0.25, -0.2) is 9.37 Å². The van der Waals surface area contributed by atoms with Crippen LogP contribution in [0.3, 0.4) is 0 Å². The molecule has 1 aliphatic heterocycles. The van der Waals surface area contributed by atoms with Gasteiger partial charge in [-0.15, -0.1) is 12.4 Å². The van der Waals surface area contributed by atoms with Gasteiger partial charge in [0.25, 0.3) is 0 Å². The highest BCUT2D eigenvalue weighted by molar-refractivity contribution is 5.85. The van der Waals surface area contributed by atoms with Gasteiger partial charge in [-0.05, 0) is 31.0 Å². The van der Waals surface area contributed by atoms with E-state index in [2.05, 4.69) is 44.9 Å². The fourth-order valence-corrected chi connectivity index (χ4v) is 3.95. The van der Waals surface area contributed by atoms with Crippen LogP contribution in [0.25, 0.3) is 0 Å². The Kier molecular flexibility index (Phi) is 7.39. The molecule has 2 aromatic heterocycles. The van der Waals surface area contributed by atoms with Crippen LogP contribution in [0.4, 0.5) is 10.2 Å². The summed E-state index contributed by atoms with van der Waals surface area (Å²) >= 11 is 0. The average Bonchev–Trinajstić information content (AvgIpc) is 3.09. The number of halogens is 2. The molecule has 3 aromatic rings. The average molecular weight is 431 g/mol.